The van der Waals surface area contributed by atoms with E-state index in [1.165, 1.54) is 24.3 Å². The van der Waals surface area contributed by atoms with Crippen LogP contribution in [0.5, 0.6) is 17.8 Å². The summed E-state index contributed by atoms with van der Waals surface area (Å²) in [7, 11) is 1.13. The highest BCUT2D eigenvalue weighted by molar-refractivity contribution is 5.62. The number of nitrogens with one attached hydrogen (secondary N) is 1. The zero-order valence-corrected chi connectivity index (χ0v) is 16.6. The molecule has 196 valence electrons. The van der Waals surface area contributed by atoms with Gasteiger partial charge in [0.25, 0.3) is 12.2 Å². The fourth-order valence-electron chi connectivity index (χ4n) is 2.22. The Balaban J connectivity index is 2.58. The fourth-order valence-corrected chi connectivity index (χ4v) is 2.22. The Hall–Kier alpha value is -3.41. The van der Waals surface area contributed by atoms with Gasteiger partial charge >= 0.3 is 36.7 Å². The molecule has 0 spiro atoms. The first-order valence-corrected chi connectivity index (χ1v) is 8.58. The summed E-state index contributed by atoms with van der Waals surface area (Å²) in [5.74, 6) is -1.18. The molecule has 0 amide bonds. The van der Waals surface area contributed by atoms with E-state index in [4.69, 9.17) is 4.74 Å². The lowest BCUT2D eigenvalue weighted by Crippen LogP contribution is -2.47. The quantitative estimate of drug-likeness (QED) is 0.479. The Labute approximate surface area is 186 Å². The van der Waals surface area contributed by atoms with Gasteiger partial charge in [0.1, 0.15) is 5.75 Å². The van der Waals surface area contributed by atoms with Crippen LogP contribution in [0.2, 0.25) is 0 Å². The molecule has 0 fully saturated rings. The van der Waals surface area contributed by atoms with E-state index in [1.54, 1.807) is 0 Å². The third-order valence-corrected chi connectivity index (χ3v) is 3.58. The monoisotopic (exact) mass is 534 g/mol. The number of rotatable bonds is 7. The number of hydrogen-bond donors (Lipinski definition) is 1. The first-order valence-electron chi connectivity index (χ1n) is 8.58. The molecule has 2 rings (SSSR count). The van der Waals surface area contributed by atoms with Crippen LogP contribution in [0.1, 0.15) is 0 Å². The molecule has 0 saturated carbocycles. The second-order valence-electron chi connectivity index (χ2n) is 6.21. The summed E-state index contributed by atoms with van der Waals surface area (Å²) < 4.78 is 166. The first-order chi connectivity index (χ1) is 15.8. The summed E-state index contributed by atoms with van der Waals surface area (Å²) in [6, 6.07) is 1.31. The Morgan fingerprint density at radius 1 is 0.657 bits per heavy atom. The third kappa shape index (κ3) is 7.54. The maximum Gasteiger partial charge on any atom is 0.434 e. The molecule has 0 unspecified atom stereocenters. The molecule has 0 radical (unpaired) electrons. The van der Waals surface area contributed by atoms with Gasteiger partial charge in [-0.2, -0.15) is 62.7 Å². The van der Waals surface area contributed by atoms with Crippen molar-refractivity contribution in [2.75, 3.05) is 12.4 Å². The summed E-state index contributed by atoms with van der Waals surface area (Å²) in [4.78, 5) is 8.71. The zero-order valence-electron chi connectivity index (χ0n) is 16.6. The van der Waals surface area contributed by atoms with Gasteiger partial charge in [-0.1, -0.05) is 12.1 Å². The number of nitrogens with zero attached hydrogens (tertiary/aromatic N) is 3. The summed E-state index contributed by atoms with van der Waals surface area (Å²) in [5.41, 5.74) is -0.149. The molecule has 0 aliphatic heterocycles. The van der Waals surface area contributed by atoms with Gasteiger partial charge in [0, 0.05) is 0 Å². The van der Waals surface area contributed by atoms with Crippen molar-refractivity contribution in [2.24, 2.45) is 0 Å². The minimum atomic E-state index is -6.12. The van der Waals surface area contributed by atoms with Gasteiger partial charge in [0.05, 0.1) is 12.8 Å². The highest BCUT2D eigenvalue weighted by Gasteiger charge is 2.61. The summed E-state index contributed by atoms with van der Waals surface area (Å²) in [6.45, 7) is 0. The van der Waals surface area contributed by atoms with Gasteiger partial charge in [-0.05, 0) is 12.1 Å². The molecule has 0 bridgehead atoms. The van der Waals surface area contributed by atoms with Crippen LogP contribution in [-0.2, 0) is 0 Å². The van der Waals surface area contributed by atoms with E-state index in [9.17, 15) is 52.7 Å². The number of hydrogen-bond acceptors (Lipinski definition) is 7. The Bertz CT molecular complexity index is 927. The van der Waals surface area contributed by atoms with Gasteiger partial charge < -0.3 is 19.5 Å². The number of benzene rings is 1. The highest BCUT2D eigenvalue weighted by Crippen LogP contribution is 2.38. The van der Waals surface area contributed by atoms with Crippen LogP contribution < -0.4 is 19.5 Å². The molecule has 0 aliphatic rings. The van der Waals surface area contributed by atoms with Crippen molar-refractivity contribution in [1.29, 1.82) is 0 Å². The molecule has 0 aliphatic carbocycles. The molecule has 1 heterocycles. The molecule has 0 saturated heterocycles. The van der Waals surface area contributed by atoms with Crippen LogP contribution in [0, 0.1) is 0 Å². The molecule has 0 atom stereocenters. The predicted molar refractivity (Wildman–Crippen MR) is 89.2 cm³/mol. The van der Waals surface area contributed by atoms with Crippen molar-refractivity contribution in [3.8, 4) is 17.8 Å². The van der Waals surface area contributed by atoms with Crippen molar-refractivity contribution >= 4 is 11.6 Å². The molecule has 35 heavy (non-hydrogen) atoms. The largest absolute Gasteiger partial charge is 0.495 e. The molecule has 7 nitrogen and oxygen atoms in total. The number of para-hydroxylation sites is 2. The van der Waals surface area contributed by atoms with Gasteiger partial charge in [-0.15, -0.1) is 4.98 Å². The Morgan fingerprint density at radius 2 is 1.06 bits per heavy atom. The molecule has 1 aromatic carbocycles. The van der Waals surface area contributed by atoms with Crippen LogP contribution in [0.25, 0.3) is 0 Å². The standard InChI is InChI=1S/C16H10F12N4O3/c1-33-7-5-3-2-4-6(7)29-10-30-11(34-8(13(17,18)19)14(20,21)22)32-12(31-10)35-9(15(23,24)25)16(26,27)28/h2-5,8-9H,1H3,(H,29,30,31,32). The minimum Gasteiger partial charge on any atom is -0.495 e. The third-order valence-electron chi connectivity index (χ3n) is 3.58. The topological polar surface area (TPSA) is 78.4 Å². The molecule has 1 N–H and O–H groups in total. The van der Waals surface area contributed by atoms with Gasteiger partial charge in [0.15, 0.2) is 0 Å². The molecular weight excluding hydrogens is 524 g/mol. The van der Waals surface area contributed by atoms with E-state index in [0.29, 0.717) is 0 Å². The van der Waals surface area contributed by atoms with Crippen molar-refractivity contribution in [3.63, 3.8) is 0 Å². The fraction of sp³-hybridized carbons (Fsp3) is 0.438. The lowest BCUT2D eigenvalue weighted by atomic mass is 10.3. The lowest BCUT2D eigenvalue weighted by Gasteiger charge is -2.24. The van der Waals surface area contributed by atoms with Gasteiger partial charge in [0.2, 0.25) is 5.95 Å². The predicted octanol–water partition coefficient (Wildman–Crippen LogP) is 5.37. The van der Waals surface area contributed by atoms with Crippen molar-refractivity contribution < 1.29 is 66.9 Å². The smallest absolute Gasteiger partial charge is 0.434 e. The van der Waals surface area contributed by atoms with E-state index in [2.05, 4.69) is 29.7 Å². The normalized spacial score (nSPS) is 13.2. The number of halogens is 12. The summed E-state index contributed by atoms with van der Waals surface area (Å²) >= 11 is 0. The van der Waals surface area contributed by atoms with Gasteiger partial charge in [-0.3, -0.25) is 0 Å². The number of anilines is 2. The highest BCUT2D eigenvalue weighted by atomic mass is 19.4. The SMILES string of the molecule is COc1ccccc1Nc1nc(OC(C(F)(F)F)C(F)(F)F)nc(OC(C(F)(F)F)C(F)(F)F)n1. The first kappa shape index (κ1) is 27.8. The Morgan fingerprint density at radius 3 is 1.43 bits per heavy atom. The van der Waals surface area contributed by atoms with Crippen molar-refractivity contribution in [2.45, 2.75) is 36.9 Å². The summed E-state index contributed by atoms with van der Waals surface area (Å²) in [6.07, 6.45) is -33.7. The van der Waals surface area contributed by atoms with E-state index in [1.807, 2.05) is 0 Å². The van der Waals surface area contributed by atoms with Crippen LogP contribution >= 0.6 is 0 Å². The molecule has 19 heteroatoms. The zero-order chi connectivity index (χ0) is 26.8. The lowest BCUT2D eigenvalue weighted by molar-refractivity contribution is -0.302. The second kappa shape index (κ2) is 9.68. The molecule has 1 aromatic heterocycles. The molecule has 2 aromatic rings. The molecular formula is C16H10F12N4O3. The number of methoxy groups -OCH3 is 1. The number of alkyl halides is 12. The van der Waals surface area contributed by atoms with Crippen LogP contribution in [0.15, 0.2) is 24.3 Å². The van der Waals surface area contributed by atoms with Crippen LogP contribution in [0.3, 0.4) is 0 Å². The second-order valence-corrected chi connectivity index (χ2v) is 6.21. The van der Waals surface area contributed by atoms with E-state index in [-0.39, 0.29) is 11.4 Å². The van der Waals surface area contributed by atoms with E-state index < -0.39 is 54.9 Å². The average Bonchev–Trinajstić information content (AvgIpc) is 2.67. The van der Waals surface area contributed by atoms with Crippen molar-refractivity contribution in [1.82, 2.24) is 15.0 Å². The van der Waals surface area contributed by atoms with Gasteiger partial charge in [-0.25, -0.2) is 0 Å². The van der Waals surface area contributed by atoms with Crippen LogP contribution in [-0.4, -0.2) is 59.0 Å². The maximum atomic E-state index is 12.8. The van der Waals surface area contributed by atoms with Crippen LogP contribution in [0.4, 0.5) is 64.3 Å². The van der Waals surface area contributed by atoms with E-state index >= 15 is 0 Å². The van der Waals surface area contributed by atoms with Crippen molar-refractivity contribution in [3.05, 3.63) is 24.3 Å². The number of aromatic nitrogens is 3. The van der Waals surface area contributed by atoms with E-state index in [0.717, 1.165) is 7.11 Å². The average molecular weight is 534 g/mol. The minimum absolute atomic E-state index is 0.0373. The summed E-state index contributed by atoms with van der Waals surface area (Å²) in [5, 5.41) is 2.13. The number of ether oxygens (including phenoxy) is 3. The maximum absolute atomic E-state index is 12.8. The Kier molecular flexibility index (Phi) is 7.70.